The molecule has 0 aliphatic carbocycles. The first-order valence-electron chi connectivity index (χ1n) is 9.27. The molecule has 5 heteroatoms. The number of para-hydroxylation sites is 1. The Hall–Kier alpha value is -1.26. The molecule has 1 atom stereocenters. The summed E-state index contributed by atoms with van der Waals surface area (Å²) in [7, 11) is 1.70. The molecule has 1 aromatic carbocycles. The summed E-state index contributed by atoms with van der Waals surface area (Å²) in [5, 5.41) is 3.38. The van der Waals surface area contributed by atoms with Crippen molar-refractivity contribution in [3.8, 4) is 5.75 Å². The standard InChI is InChI=1S/C20H32N2O2.ClH/c1-4-13-22(18-9-11-21-12-10-18)20(23)15-16(2)14-17-7-5-6-8-19(17)24-3;/h5-8,16,18,21H,4,9-15H2,1-3H3;1H. The van der Waals surface area contributed by atoms with E-state index >= 15 is 0 Å². The number of hydrogen-bond donors (Lipinski definition) is 1. The number of methoxy groups -OCH3 is 1. The lowest BCUT2D eigenvalue weighted by molar-refractivity contribution is -0.135. The summed E-state index contributed by atoms with van der Waals surface area (Å²) in [5.41, 5.74) is 1.18. The van der Waals surface area contributed by atoms with Crippen molar-refractivity contribution in [3.05, 3.63) is 29.8 Å². The zero-order chi connectivity index (χ0) is 17.4. The van der Waals surface area contributed by atoms with Gasteiger partial charge in [-0.2, -0.15) is 0 Å². The van der Waals surface area contributed by atoms with Crippen LogP contribution in [0, 0.1) is 5.92 Å². The minimum atomic E-state index is 0. The van der Waals surface area contributed by atoms with Crippen LogP contribution in [-0.2, 0) is 11.2 Å². The average molecular weight is 369 g/mol. The van der Waals surface area contributed by atoms with Gasteiger partial charge >= 0.3 is 0 Å². The molecule has 1 N–H and O–H groups in total. The Morgan fingerprint density at radius 3 is 2.64 bits per heavy atom. The Morgan fingerprint density at radius 2 is 2.00 bits per heavy atom. The fraction of sp³-hybridized carbons (Fsp3) is 0.650. The third kappa shape index (κ3) is 6.52. The van der Waals surface area contributed by atoms with E-state index in [0.29, 0.717) is 24.3 Å². The first-order valence-corrected chi connectivity index (χ1v) is 9.27. The largest absolute Gasteiger partial charge is 0.496 e. The van der Waals surface area contributed by atoms with Crippen LogP contribution >= 0.6 is 12.4 Å². The maximum absolute atomic E-state index is 12.9. The summed E-state index contributed by atoms with van der Waals surface area (Å²) < 4.78 is 5.43. The van der Waals surface area contributed by atoms with E-state index < -0.39 is 0 Å². The van der Waals surface area contributed by atoms with Crippen LogP contribution in [-0.4, -0.2) is 43.6 Å². The van der Waals surface area contributed by atoms with Crippen LogP contribution < -0.4 is 10.1 Å². The van der Waals surface area contributed by atoms with Crippen molar-refractivity contribution in [1.29, 1.82) is 0 Å². The second-order valence-electron chi connectivity index (χ2n) is 6.89. The van der Waals surface area contributed by atoms with Crippen molar-refractivity contribution in [3.63, 3.8) is 0 Å². The second kappa shape index (κ2) is 11.4. The molecule has 1 amide bonds. The highest BCUT2D eigenvalue weighted by Crippen LogP contribution is 2.23. The lowest BCUT2D eigenvalue weighted by Gasteiger charge is -2.35. The number of rotatable bonds is 8. The number of piperidine rings is 1. The van der Waals surface area contributed by atoms with Crippen molar-refractivity contribution in [2.24, 2.45) is 5.92 Å². The van der Waals surface area contributed by atoms with Gasteiger partial charge in [0, 0.05) is 19.0 Å². The summed E-state index contributed by atoms with van der Waals surface area (Å²) in [4.78, 5) is 15.0. The molecule has 0 aromatic heterocycles. The monoisotopic (exact) mass is 368 g/mol. The Morgan fingerprint density at radius 1 is 1.32 bits per heavy atom. The molecule has 1 unspecified atom stereocenters. The molecular formula is C20H33ClN2O2. The summed E-state index contributed by atoms with van der Waals surface area (Å²) in [6.07, 6.45) is 4.67. The topological polar surface area (TPSA) is 41.6 Å². The van der Waals surface area contributed by atoms with E-state index in [1.165, 1.54) is 5.56 Å². The SMILES string of the molecule is CCCN(C(=O)CC(C)Cc1ccccc1OC)C1CCNCC1.Cl. The van der Waals surface area contributed by atoms with Gasteiger partial charge in [-0.1, -0.05) is 32.0 Å². The number of halogens is 1. The Balaban J connectivity index is 0.00000312. The molecule has 1 aliphatic heterocycles. The number of ether oxygens (including phenoxy) is 1. The fourth-order valence-electron chi connectivity index (χ4n) is 3.60. The van der Waals surface area contributed by atoms with Crippen LogP contribution in [0.15, 0.2) is 24.3 Å². The van der Waals surface area contributed by atoms with Gasteiger partial charge in [-0.3, -0.25) is 4.79 Å². The van der Waals surface area contributed by atoms with Gasteiger partial charge in [-0.15, -0.1) is 12.4 Å². The summed E-state index contributed by atoms with van der Waals surface area (Å²) in [6.45, 7) is 7.24. The summed E-state index contributed by atoms with van der Waals surface area (Å²) in [5.74, 6) is 1.54. The van der Waals surface area contributed by atoms with Crippen molar-refractivity contribution in [2.45, 2.75) is 52.0 Å². The maximum Gasteiger partial charge on any atom is 0.223 e. The molecule has 0 bridgehead atoms. The van der Waals surface area contributed by atoms with E-state index in [2.05, 4.69) is 30.1 Å². The molecule has 1 heterocycles. The molecule has 25 heavy (non-hydrogen) atoms. The van der Waals surface area contributed by atoms with Gasteiger partial charge in [0.15, 0.2) is 0 Å². The van der Waals surface area contributed by atoms with E-state index in [4.69, 9.17) is 4.74 Å². The number of hydrogen-bond acceptors (Lipinski definition) is 3. The highest BCUT2D eigenvalue weighted by Gasteiger charge is 2.25. The van der Waals surface area contributed by atoms with Crippen LogP contribution in [0.4, 0.5) is 0 Å². The third-order valence-corrected chi connectivity index (χ3v) is 4.82. The lowest BCUT2D eigenvalue weighted by atomic mass is 9.95. The van der Waals surface area contributed by atoms with Crippen molar-refractivity contribution >= 4 is 18.3 Å². The first kappa shape index (κ1) is 21.8. The van der Waals surface area contributed by atoms with Gasteiger partial charge < -0.3 is 15.0 Å². The predicted octanol–water partition coefficient (Wildman–Crippen LogP) is 3.68. The molecule has 4 nitrogen and oxygen atoms in total. The average Bonchev–Trinajstić information content (AvgIpc) is 2.60. The smallest absolute Gasteiger partial charge is 0.223 e. The molecule has 1 aliphatic rings. The van der Waals surface area contributed by atoms with E-state index in [1.807, 2.05) is 18.2 Å². The fourth-order valence-corrected chi connectivity index (χ4v) is 3.60. The normalized spacial score (nSPS) is 16.0. The zero-order valence-corrected chi connectivity index (χ0v) is 16.6. The summed E-state index contributed by atoms with van der Waals surface area (Å²) >= 11 is 0. The molecule has 142 valence electrons. The van der Waals surface area contributed by atoms with Crippen LogP contribution in [0.2, 0.25) is 0 Å². The highest BCUT2D eigenvalue weighted by atomic mass is 35.5. The molecule has 1 aromatic rings. The van der Waals surface area contributed by atoms with E-state index in [-0.39, 0.29) is 12.4 Å². The zero-order valence-electron chi connectivity index (χ0n) is 15.8. The van der Waals surface area contributed by atoms with E-state index in [9.17, 15) is 4.79 Å². The quantitative estimate of drug-likeness (QED) is 0.761. The Bertz CT molecular complexity index is 518. The molecule has 0 spiro atoms. The van der Waals surface area contributed by atoms with Gasteiger partial charge in [0.25, 0.3) is 0 Å². The van der Waals surface area contributed by atoms with Gasteiger partial charge in [-0.05, 0) is 56.3 Å². The van der Waals surface area contributed by atoms with Crippen LogP contribution in [0.1, 0.15) is 45.1 Å². The molecule has 0 radical (unpaired) electrons. The van der Waals surface area contributed by atoms with Crippen molar-refractivity contribution < 1.29 is 9.53 Å². The van der Waals surface area contributed by atoms with Crippen LogP contribution in [0.3, 0.4) is 0 Å². The number of amides is 1. The number of carbonyl (C=O) groups excluding carboxylic acids is 1. The van der Waals surface area contributed by atoms with Crippen LogP contribution in [0.25, 0.3) is 0 Å². The first-order chi connectivity index (χ1) is 11.7. The Labute approximate surface area is 158 Å². The van der Waals surface area contributed by atoms with Crippen molar-refractivity contribution in [1.82, 2.24) is 10.2 Å². The highest BCUT2D eigenvalue weighted by molar-refractivity contribution is 5.85. The molecule has 0 saturated carbocycles. The van der Waals surface area contributed by atoms with Gasteiger partial charge in [0.1, 0.15) is 5.75 Å². The lowest BCUT2D eigenvalue weighted by Crippen LogP contribution is -2.46. The Kier molecular flexibility index (Phi) is 9.91. The maximum atomic E-state index is 12.9. The molecule has 2 rings (SSSR count). The van der Waals surface area contributed by atoms with Crippen molar-refractivity contribution in [2.75, 3.05) is 26.7 Å². The summed E-state index contributed by atoms with van der Waals surface area (Å²) in [6, 6.07) is 8.51. The van der Waals surface area contributed by atoms with E-state index in [0.717, 1.165) is 51.1 Å². The van der Waals surface area contributed by atoms with Gasteiger partial charge in [0.2, 0.25) is 5.91 Å². The number of nitrogens with zero attached hydrogens (tertiary/aromatic N) is 1. The van der Waals surface area contributed by atoms with E-state index in [1.54, 1.807) is 7.11 Å². The number of carbonyl (C=O) groups is 1. The van der Waals surface area contributed by atoms with Gasteiger partial charge in [-0.25, -0.2) is 0 Å². The van der Waals surface area contributed by atoms with Crippen LogP contribution in [0.5, 0.6) is 5.75 Å². The minimum absolute atomic E-state index is 0. The number of nitrogens with one attached hydrogen (secondary N) is 1. The predicted molar refractivity (Wildman–Crippen MR) is 106 cm³/mol. The minimum Gasteiger partial charge on any atom is -0.496 e. The molecule has 1 saturated heterocycles. The second-order valence-corrected chi connectivity index (χ2v) is 6.89. The van der Waals surface area contributed by atoms with Gasteiger partial charge in [0.05, 0.1) is 7.11 Å². The number of benzene rings is 1. The molecule has 1 fully saturated rings. The molecular weight excluding hydrogens is 336 g/mol. The third-order valence-electron chi connectivity index (χ3n) is 4.82.